The third kappa shape index (κ3) is 2.91. The van der Waals surface area contributed by atoms with E-state index in [4.69, 9.17) is 0 Å². The van der Waals surface area contributed by atoms with E-state index in [0.717, 1.165) is 33.0 Å². The van der Waals surface area contributed by atoms with Crippen LogP contribution in [0.15, 0.2) is 15.9 Å². The maximum Gasteiger partial charge on any atom is 0.261 e. The van der Waals surface area contributed by atoms with Crippen LogP contribution in [-0.2, 0) is 0 Å². The van der Waals surface area contributed by atoms with Crippen LogP contribution >= 0.6 is 27.3 Å². The van der Waals surface area contributed by atoms with Gasteiger partial charge in [0.25, 0.3) is 5.91 Å². The lowest BCUT2D eigenvalue weighted by Gasteiger charge is -2.15. The van der Waals surface area contributed by atoms with Crippen molar-refractivity contribution in [1.82, 2.24) is 5.32 Å². The first kappa shape index (κ1) is 11.7. The second kappa shape index (κ2) is 4.73. The number of nitrogens with one attached hydrogen (secondary N) is 1. The lowest BCUT2D eigenvalue weighted by atomic mass is 9.98. The zero-order valence-electron chi connectivity index (χ0n) is 9.62. The van der Waals surface area contributed by atoms with Crippen molar-refractivity contribution in [2.24, 2.45) is 17.8 Å². The molecule has 2 aliphatic carbocycles. The van der Waals surface area contributed by atoms with Crippen molar-refractivity contribution >= 4 is 33.2 Å². The molecular formula is C13H16BrNOS. The molecule has 3 rings (SSSR count). The SMILES string of the molecule is O=C(NCC(C1CC1)C1CC1)c1ccc(Br)s1. The summed E-state index contributed by atoms with van der Waals surface area (Å²) in [6, 6.07) is 3.81. The maximum absolute atomic E-state index is 11.9. The molecule has 92 valence electrons. The lowest BCUT2D eigenvalue weighted by Crippen LogP contribution is -2.30. The second-order valence-electron chi connectivity index (χ2n) is 5.15. The van der Waals surface area contributed by atoms with Crippen LogP contribution in [0.25, 0.3) is 0 Å². The number of halogens is 1. The van der Waals surface area contributed by atoms with Gasteiger partial charge in [0.1, 0.15) is 0 Å². The van der Waals surface area contributed by atoms with Crippen molar-refractivity contribution in [3.63, 3.8) is 0 Å². The summed E-state index contributed by atoms with van der Waals surface area (Å²) in [5.74, 6) is 2.64. The fourth-order valence-electron chi connectivity index (χ4n) is 2.50. The number of carbonyl (C=O) groups is 1. The number of hydrogen-bond donors (Lipinski definition) is 1. The van der Waals surface area contributed by atoms with Crippen molar-refractivity contribution in [3.8, 4) is 0 Å². The molecule has 17 heavy (non-hydrogen) atoms. The normalized spacial score (nSPS) is 19.6. The van der Waals surface area contributed by atoms with Gasteiger partial charge >= 0.3 is 0 Å². The van der Waals surface area contributed by atoms with Gasteiger partial charge in [-0.15, -0.1) is 11.3 Å². The summed E-state index contributed by atoms with van der Waals surface area (Å²) in [5, 5.41) is 3.11. The third-order valence-electron chi connectivity index (χ3n) is 3.75. The highest BCUT2D eigenvalue weighted by molar-refractivity contribution is 9.11. The number of carbonyl (C=O) groups excluding carboxylic acids is 1. The van der Waals surface area contributed by atoms with Crippen LogP contribution in [0, 0.1) is 17.8 Å². The van der Waals surface area contributed by atoms with E-state index in [0.29, 0.717) is 0 Å². The van der Waals surface area contributed by atoms with Crippen LogP contribution in [0.3, 0.4) is 0 Å². The molecule has 0 unspecified atom stereocenters. The van der Waals surface area contributed by atoms with E-state index < -0.39 is 0 Å². The van der Waals surface area contributed by atoms with Crippen molar-refractivity contribution in [3.05, 3.63) is 20.8 Å². The van der Waals surface area contributed by atoms with Crippen LogP contribution in [0.5, 0.6) is 0 Å². The predicted octanol–water partition coefficient (Wildman–Crippen LogP) is 3.68. The molecule has 0 saturated heterocycles. The average molecular weight is 314 g/mol. The molecule has 2 aliphatic rings. The Morgan fingerprint density at radius 2 is 2.00 bits per heavy atom. The van der Waals surface area contributed by atoms with Gasteiger partial charge in [-0.1, -0.05) is 0 Å². The molecule has 0 aliphatic heterocycles. The highest BCUT2D eigenvalue weighted by Gasteiger charge is 2.41. The van der Waals surface area contributed by atoms with Gasteiger partial charge in [-0.25, -0.2) is 0 Å². The lowest BCUT2D eigenvalue weighted by molar-refractivity contribution is 0.0947. The summed E-state index contributed by atoms with van der Waals surface area (Å²) in [5.41, 5.74) is 0. The summed E-state index contributed by atoms with van der Waals surface area (Å²) in [6.45, 7) is 0.879. The van der Waals surface area contributed by atoms with Crippen LogP contribution in [0.4, 0.5) is 0 Å². The minimum atomic E-state index is 0.0898. The minimum Gasteiger partial charge on any atom is -0.351 e. The molecule has 4 heteroatoms. The molecule has 1 aromatic rings. The first-order chi connectivity index (χ1) is 8.24. The van der Waals surface area contributed by atoms with E-state index in [1.165, 1.54) is 37.0 Å². The summed E-state index contributed by atoms with van der Waals surface area (Å²) in [4.78, 5) is 12.7. The molecular weight excluding hydrogens is 298 g/mol. The molecule has 0 bridgehead atoms. The first-order valence-corrected chi connectivity index (χ1v) is 7.88. The van der Waals surface area contributed by atoms with Crippen LogP contribution in [0.1, 0.15) is 35.4 Å². The molecule has 0 atom stereocenters. The van der Waals surface area contributed by atoms with Crippen LogP contribution < -0.4 is 5.32 Å². The largest absolute Gasteiger partial charge is 0.351 e. The van der Waals surface area contributed by atoms with Crippen molar-refractivity contribution in [2.75, 3.05) is 6.54 Å². The maximum atomic E-state index is 11.9. The van der Waals surface area contributed by atoms with E-state index in [1.54, 1.807) is 0 Å². The van der Waals surface area contributed by atoms with Gasteiger partial charge in [-0.05, 0) is 71.5 Å². The molecule has 2 saturated carbocycles. The number of hydrogen-bond acceptors (Lipinski definition) is 2. The quantitative estimate of drug-likeness (QED) is 0.882. The summed E-state index contributed by atoms with van der Waals surface area (Å²) in [7, 11) is 0. The topological polar surface area (TPSA) is 29.1 Å². The smallest absolute Gasteiger partial charge is 0.261 e. The van der Waals surface area contributed by atoms with Crippen LogP contribution in [0.2, 0.25) is 0 Å². The van der Waals surface area contributed by atoms with E-state index in [2.05, 4.69) is 21.2 Å². The molecule has 0 radical (unpaired) electrons. The van der Waals surface area contributed by atoms with E-state index in [1.807, 2.05) is 12.1 Å². The van der Waals surface area contributed by atoms with Gasteiger partial charge in [0.15, 0.2) is 0 Å². The molecule has 2 fully saturated rings. The van der Waals surface area contributed by atoms with Crippen molar-refractivity contribution in [2.45, 2.75) is 25.7 Å². The van der Waals surface area contributed by atoms with E-state index in [9.17, 15) is 4.79 Å². The zero-order chi connectivity index (χ0) is 11.8. The molecule has 1 heterocycles. The highest BCUT2D eigenvalue weighted by Crippen LogP contribution is 2.48. The Labute approximate surface area is 114 Å². The van der Waals surface area contributed by atoms with Crippen molar-refractivity contribution in [1.29, 1.82) is 0 Å². The van der Waals surface area contributed by atoms with Gasteiger partial charge in [0.2, 0.25) is 0 Å². The van der Waals surface area contributed by atoms with Gasteiger partial charge < -0.3 is 5.32 Å². The van der Waals surface area contributed by atoms with Gasteiger partial charge in [-0.2, -0.15) is 0 Å². The van der Waals surface area contributed by atoms with Crippen molar-refractivity contribution < 1.29 is 4.79 Å². The average Bonchev–Trinajstić information content (AvgIpc) is 3.20. The molecule has 1 amide bonds. The predicted molar refractivity (Wildman–Crippen MR) is 73.3 cm³/mol. The first-order valence-electron chi connectivity index (χ1n) is 6.27. The van der Waals surface area contributed by atoms with Gasteiger partial charge in [-0.3, -0.25) is 4.79 Å². The highest BCUT2D eigenvalue weighted by atomic mass is 79.9. The van der Waals surface area contributed by atoms with E-state index in [-0.39, 0.29) is 5.91 Å². The van der Waals surface area contributed by atoms with Gasteiger partial charge in [0, 0.05) is 6.54 Å². The molecule has 1 aromatic heterocycles. The molecule has 0 spiro atoms. The Morgan fingerprint density at radius 3 is 2.47 bits per heavy atom. The molecule has 2 nitrogen and oxygen atoms in total. The summed E-state index contributed by atoms with van der Waals surface area (Å²) < 4.78 is 1.02. The fourth-order valence-corrected chi connectivity index (χ4v) is 3.80. The Kier molecular flexibility index (Phi) is 3.26. The molecule has 1 N–H and O–H groups in total. The fraction of sp³-hybridized carbons (Fsp3) is 0.615. The summed E-state index contributed by atoms with van der Waals surface area (Å²) in [6.07, 6.45) is 5.51. The number of rotatable bonds is 5. The standard InChI is InChI=1S/C13H16BrNOS/c14-12-6-5-11(17-12)13(16)15-7-10(8-1-2-8)9-3-4-9/h5-6,8-10H,1-4,7H2,(H,15,16). The second-order valence-corrected chi connectivity index (χ2v) is 7.62. The molecule has 0 aromatic carbocycles. The Morgan fingerprint density at radius 1 is 1.35 bits per heavy atom. The minimum absolute atomic E-state index is 0.0898. The zero-order valence-corrected chi connectivity index (χ0v) is 12.0. The monoisotopic (exact) mass is 313 g/mol. The third-order valence-corrected chi connectivity index (χ3v) is 5.37. The Hall–Kier alpha value is -0.350. The Balaban J connectivity index is 1.54. The number of thiophene rings is 1. The number of amides is 1. The summed E-state index contributed by atoms with van der Waals surface area (Å²) >= 11 is 4.89. The van der Waals surface area contributed by atoms with Crippen LogP contribution in [-0.4, -0.2) is 12.5 Å². The van der Waals surface area contributed by atoms with Gasteiger partial charge in [0.05, 0.1) is 8.66 Å². The van der Waals surface area contributed by atoms with E-state index >= 15 is 0 Å². The Bertz CT molecular complexity index is 411.